The lowest BCUT2D eigenvalue weighted by Gasteiger charge is -2.22. The lowest BCUT2D eigenvalue weighted by Crippen LogP contribution is -2.34. The third-order valence-corrected chi connectivity index (χ3v) is 8.61. The molecule has 0 saturated heterocycles. The van der Waals surface area contributed by atoms with Crippen molar-refractivity contribution in [3.05, 3.63) is 131 Å². The molecule has 0 aliphatic heterocycles. The van der Waals surface area contributed by atoms with Crippen LogP contribution in [0.5, 0.6) is 0 Å². The molecular weight excluding hydrogens is 514 g/mol. The zero-order valence-electron chi connectivity index (χ0n) is 21.0. The first-order chi connectivity index (χ1) is 18.8. The van der Waals surface area contributed by atoms with E-state index in [9.17, 15) is 18.0 Å². The number of carboxylic acids is 1. The number of amides is 1. The lowest BCUT2D eigenvalue weighted by molar-refractivity contribution is 0.0696. The monoisotopic (exact) mass is 541 g/mol. The Hall–Kier alpha value is -4.34. The highest BCUT2D eigenvalue weighted by Gasteiger charge is 2.45. The van der Waals surface area contributed by atoms with Gasteiger partial charge in [0.2, 0.25) is 10.0 Å². The van der Waals surface area contributed by atoms with Crippen molar-refractivity contribution in [3.8, 4) is 0 Å². The molecule has 39 heavy (non-hydrogen) atoms. The second-order valence-electron chi connectivity index (χ2n) is 9.52. The molecule has 2 N–H and O–H groups in total. The summed E-state index contributed by atoms with van der Waals surface area (Å²) in [6, 6.07) is 27.2. The van der Waals surface area contributed by atoms with Gasteiger partial charge in [-0.3, -0.25) is 9.78 Å². The van der Waals surface area contributed by atoms with Crippen LogP contribution in [0.15, 0.2) is 108 Å². The third-order valence-electron chi connectivity index (χ3n) is 6.81. The summed E-state index contributed by atoms with van der Waals surface area (Å²) in [5.74, 6) is -1.32. The maximum absolute atomic E-state index is 13.6. The van der Waals surface area contributed by atoms with Gasteiger partial charge >= 0.3 is 5.97 Å². The highest BCUT2D eigenvalue weighted by Crippen LogP contribution is 2.45. The molecule has 1 fully saturated rings. The van der Waals surface area contributed by atoms with E-state index in [2.05, 4.69) is 10.3 Å². The fourth-order valence-electron chi connectivity index (χ4n) is 4.44. The molecule has 1 aromatic heterocycles. The largest absolute Gasteiger partial charge is 0.478 e. The van der Waals surface area contributed by atoms with Crippen LogP contribution in [-0.2, 0) is 28.7 Å². The number of nitrogens with zero attached hydrogens (tertiary/aromatic N) is 2. The van der Waals surface area contributed by atoms with E-state index in [0.717, 1.165) is 18.4 Å². The van der Waals surface area contributed by atoms with Crippen molar-refractivity contribution in [2.45, 2.75) is 36.4 Å². The molecule has 1 heterocycles. The first-order valence-electron chi connectivity index (χ1n) is 12.5. The molecule has 4 aromatic rings. The fraction of sp³-hybridized carbons (Fsp3) is 0.167. The Balaban J connectivity index is 1.35. The Labute approximate surface area is 227 Å². The minimum atomic E-state index is -3.99. The van der Waals surface area contributed by atoms with Crippen molar-refractivity contribution >= 4 is 21.9 Å². The van der Waals surface area contributed by atoms with Crippen LogP contribution in [0, 0.1) is 0 Å². The number of carbonyl (C=O) groups is 2. The van der Waals surface area contributed by atoms with Gasteiger partial charge in [0, 0.05) is 18.3 Å². The van der Waals surface area contributed by atoms with Crippen molar-refractivity contribution in [3.63, 3.8) is 0 Å². The lowest BCUT2D eigenvalue weighted by atomic mass is 10.0. The van der Waals surface area contributed by atoms with Gasteiger partial charge in [-0.1, -0.05) is 48.5 Å². The molecule has 0 bridgehead atoms. The van der Waals surface area contributed by atoms with Crippen molar-refractivity contribution in [1.29, 1.82) is 0 Å². The van der Waals surface area contributed by atoms with Crippen LogP contribution >= 0.6 is 0 Å². The third kappa shape index (κ3) is 5.89. The molecule has 3 aromatic carbocycles. The molecular formula is C30H27N3O5S. The van der Waals surface area contributed by atoms with Crippen molar-refractivity contribution in [1.82, 2.24) is 14.6 Å². The number of carbonyl (C=O) groups excluding carboxylic acids is 1. The molecule has 1 saturated carbocycles. The van der Waals surface area contributed by atoms with Crippen LogP contribution < -0.4 is 5.32 Å². The van der Waals surface area contributed by atoms with Gasteiger partial charge in [-0.25, -0.2) is 13.2 Å². The van der Waals surface area contributed by atoms with E-state index < -0.39 is 16.0 Å². The Morgan fingerprint density at radius 1 is 0.821 bits per heavy atom. The van der Waals surface area contributed by atoms with Crippen LogP contribution in [0.2, 0.25) is 0 Å². The standard InChI is InChI=1S/C30H27N3O5S/c34-28(32-30(17-18-30)25-6-2-1-3-7-25)23-11-9-22(10-12-23)20-33(21-26-8-4-5-19-31-26)39(37,38)27-15-13-24(14-16-27)29(35)36/h1-16,19H,17-18,20-21H2,(H,32,34)(H,35,36). The maximum atomic E-state index is 13.6. The van der Waals surface area contributed by atoms with Gasteiger partial charge in [0.1, 0.15) is 0 Å². The van der Waals surface area contributed by atoms with Crippen LogP contribution in [0.25, 0.3) is 0 Å². The molecule has 5 rings (SSSR count). The average Bonchev–Trinajstić information content (AvgIpc) is 3.74. The fourth-order valence-corrected chi connectivity index (χ4v) is 5.84. The second-order valence-corrected chi connectivity index (χ2v) is 11.5. The Bertz CT molecular complexity index is 1570. The summed E-state index contributed by atoms with van der Waals surface area (Å²) >= 11 is 0. The highest BCUT2D eigenvalue weighted by molar-refractivity contribution is 7.89. The van der Waals surface area contributed by atoms with E-state index in [1.54, 1.807) is 48.7 Å². The number of nitrogens with one attached hydrogen (secondary N) is 1. The Morgan fingerprint density at radius 2 is 1.46 bits per heavy atom. The van der Waals surface area contributed by atoms with Gasteiger partial charge in [-0.05, 0) is 72.5 Å². The zero-order valence-corrected chi connectivity index (χ0v) is 21.8. The molecule has 1 aliphatic carbocycles. The quantitative estimate of drug-likeness (QED) is 0.303. The number of rotatable bonds is 10. The van der Waals surface area contributed by atoms with Crippen LogP contribution in [0.4, 0.5) is 0 Å². The molecule has 9 heteroatoms. The Kier molecular flexibility index (Phi) is 7.28. The number of carboxylic acid groups (broad SMARTS) is 1. The van der Waals surface area contributed by atoms with E-state index in [0.29, 0.717) is 16.8 Å². The first-order valence-corrected chi connectivity index (χ1v) is 13.9. The normalized spacial score (nSPS) is 14.1. The van der Waals surface area contributed by atoms with E-state index in [4.69, 9.17) is 5.11 Å². The summed E-state index contributed by atoms with van der Waals surface area (Å²) in [5.41, 5.74) is 2.50. The van der Waals surface area contributed by atoms with E-state index in [-0.39, 0.29) is 35.0 Å². The first kappa shape index (κ1) is 26.3. The van der Waals surface area contributed by atoms with Gasteiger partial charge in [0.15, 0.2) is 0 Å². The number of benzene rings is 3. The summed E-state index contributed by atoms with van der Waals surface area (Å²) in [7, 11) is -3.99. The summed E-state index contributed by atoms with van der Waals surface area (Å²) < 4.78 is 28.5. The van der Waals surface area contributed by atoms with Gasteiger partial charge in [-0.15, -0.1) is 0 Å². The van der Waals surface area contributed by atoms with Crippen LogP contribution in [0.1, 0.15) is 50.4 Å². The highest BCUT2D eigenvalue weighted by atomic mass is 32.2. The molecule has 0 radical (unpaired) electrons. The minimum Gasteiger partial charge on any atom is -0.478 e. The van der Waals surface area contributed by atoms with Gasteiger partial charge in [0.05, 0.1) is 28.2 Å². The summed E-state index contributed by atoms with van der Waals surface area (Å²) in [6.07, 6.45) is 3.36. The SMILES string of the molecule is O=C(O)c1ccc(S(=O)(=O)N(Cc2ccc(C(=O)NC3(c4ccccc4)CC3)cc2)Cc2ccccn2)cc1. The molecule has 8 nitrogen and oxygen atoms in total. The molecule has 0 unspecified atom stereocenters. The van der Waals surface area contributed by atoms with Gasteiger partial charge in [0.25, 0.3) is 5.91 Å². The van der Waals surface area contributed by atoms with Gasteiger partial charge in [-0.2, -0.15) is 4.31 Å². The topological polar surface area (TPSA) is 117 Å². The van der Waals surface area contributed by atoms with Crippen molar-refractivity contribution in [2.75, 3.05) is 0 Å². The second kappa shape index (κ2) is 10.8. The number of sulfonamides is 1. The van der Waals surface area contributed by atoms with Gasteiger partial charge < -0.3 is 10.4 Å². The smallest absolute Gasteiger partial charge is 0.335 e. The average molecular weight is 542 g/mol. The van der Waals surface area contributed by atoms with E-state index in [1.165, 1.54) is 28.6 Å². The Morgan fingerprint density at radius 3 is 2.05 bits per heavy atom. The molecule has 198 valence electrons. The van der Waals surface area contributed by atoms with Crippen LogP contribution in [0.3, 0.4) is 0 Å². The summed E-state index contributed by atoms with van der Waals surface area (Å²) in [6.45, 7) is 0.0567. The predicted octanol–water partition coefficient (Wildman–Crippen LogP) is 4.59. The number of hydrogen-bond acceptors (Lipinski definition) is 5. The number of pyridine rings is 1. The molecule has 1 aliphatic rings. The minimum absolute atomic E-state index is 0.000617. The zero-order chi connectivity index (χ0) is 27.5. The van der Waals surface area contributed by atoms with E-state index >= 15 is 0 Å². The van der Waals surface area contributed by atoms with Crippen molar-refractivity contribution in [2.24, 2.45) is 0 Å². The predicted molar refractivity (Wildman–Crippen MR) is 145 cm³/mol. The molecule has 0 atom stereocenters. The molecule has 1 amide bonds. The van der Waals surface area contributed by atoms with Crippen LogP contribution in [-0.4, -0.2) is 34.7 Å². The van der Waals surface area contributed by atoms with E-state index in [1.807, 2.05) is 30.3 Å². The summed E-state index contributed by atoms with van der Waals surface area (Å²) in [4.78, 5) is 28.5. The summed E-state index contributed by atoms with van der Waals surface area (Å²) in [5, 5.41) is 12.3. The number of aromatic nitrogens is 1. The number of hydrogen-bond donors (Lipinski definition) is 2. The molecule has 0 spiro atoms. The number of aromatic carboxylic acids is 1. The van der Waals surface area contributed by atoms with Crippen molar-refractivity contribution < 1.29 is 23.1 Å². The maximum Gasteiger partial charge on any atom is 0.335 e.